The van der Waals surface area contributed by atoms with E-state index in [0.717, 1.165) is 24.0 Å². The Kier molecular flexibility index (Phi) is 6.65. The summed E-state index contributed by atoms with van der Waals surface area (Å²) in [7, 11) is 0. The first-order valence-electron chi connectivity index (χ1n) is 13.0. The highest BCUT2D eigenvalue weighted by Gasteiger charge is 2.73. The van der Waals surface area contributed by atoms with Gasteiger partial charge in [0.1, 0.15) is 6.61 Å². The van der Waals surface area contributed by atoms with Crippen molar-refractivity contribution in [1.82, 2.24) is 4.90 Å². The van der Waals surface area contributed by atoms with E-state index >= 15 is 0 Å². The summed E-state index contributed by atoms with van der Waals surface area (Å²) in [5, 5.41) is 16.7. The monoisotopic (exact) mass is 567 g/mol. The van der Waals surface area contributed by atoms with Gasteiger partial charge in [0, 0.05) is 28.8 Å². The van der Waals surface area contributed by atoms with E-state index in [9.17, 15) is 14.9 Å². The Hall–Kier alpha value is -3.33. The van der Waals surface area contributed by atoms with Crippen molar-refractivity contribution in [3.8, 4) is 11.5 Å². The van der Waals surface area contributed by atoms with Crippen molar-refractivity contribution >= 4 is 34.8 Å². The summed E-state index contributed by atoms with van der Waals surface area (Å²) in [6.07, 6.45) is 1.64. The van der Waals surface area contributed by atoms with Crippen LogP contribution in [0.4, 0.5) is 5.69 Å². The van der Waals surface area contributed by atoms with Crippen LogP contribution in [0.2, 0.25) is 10.0 Å². The zero-order valence-electron chi connectivity index (χ0n) is 21.2. The van der Waals surface area contributed by atoms with Crippen LogP contribution in [0.25, 0.3) is 0 Å². The van der Waals surface area contributed by atoms with Gasteiger partial charge in [-0.3, -0.25) is 19.8 Å². The van der Waals surface area contributed by atoms with E-state index in [2.05, 4.69) is 10.2 Å². The predicted octanol–water partition coefficient (Wildman–Crippen LogP) is 6.03. The van der Waals surface area contributed by atoms with Gasteiger partial charge in [0.05, 0.1) is 22.6 Å². The van der Waals surface area contributed by atoms with Crippen LogP contribution in [0.3, 0.4) is 0 Å². The van der Waals surface area contributed by atoms with Crippen LogP contribution in [0.1, 0.15) is 42.4 Å². The molecule has 2 saturated heterocycles. The average Bonchev–Trinajstić information content (AvgIpc) is 3.58. The van der Waals surface area contributed by atoms with Gasteiger partial charge in [-0.25, -0.2) is 0 Å². The van der Waals surface area contributed by atoms with Crippen LogP contribution in [0.5, 0.6) is 11.5 Å². The molecule has 0 aromatic heterocycles. The van der Waals surface area contributed by atoms with Crippen molar-refractivity contribution in [2.24, 2.45) is 0 Å². The number of nitrogens with one attached hydrogen (secondary N) is 1. The van der Waals surface area contributed by atoms with Crippen LogP contribution >= 0.6 is 23.2 Å². The van der Waals surface area contributed by atoms with E-state index in [0.29, 0.717) is 45.9 Å². The lowest BCUT2D eigenvalue weighted by atomic mass is 9.77. The summed E-state index contributed by atoms with van der Waals surface area (Å²) in [5.74, 6) is 0.178. The number of rotatable bonds is 7. The number of anilines is 1. The summed E-state index contributed by atoms with van der Waals surface area (Å²) in [4.78, 5) is 28.3. The van der Waals surface area contributed by atoms with Crippen LogP contribution < -0.4 is 14.8 Å². The van der Waals surface area contributed by atoms with Gasteiger partial charge >= 0.3 is 0 Å². The lowest BCUT2D eigenvalue weighted by molar-refractivity contribution is -0.534. The third kappa shape index (κ3) is 4.04. The number of carbonyl (C=O) groups excluding carboxylic acids is 1. The standard InChI is InChI=1S/C29H27Cl2N3O5/c1-2-38-25-15-18(10-12-24(25)39-16-17-9-11-20(30)21(31)14-17)26-23-8-5-13-33(23)29(27(26)34(36)37)19-6-3-4-7-22(19)32-28(29)35/h3-4,6-7,9-12,14-15,23,26-27H,2,5,8,13,16H2,1H3,(H,32,35)/t23-,26+,27-,29+/m0/s1. The molecule has 3 heterocycles. The molecule has 0 saturated carbocycles. The number of ether oxygens (including phenoxy) is 2. The van der Waals surface area contributed by atoms with Crippen molar-refractivity contribution in [3.63, 3.8) is 0 Å². The molecule has 3 aromatic rings. The SMILES string of the molecule is CCOc1cc([C@H]2[C@H]([N+](=O)[O-])[C@]3(C(=O)Nc4ccccc43)N3CCC[C@@H]23)ccc1OCc1ccc(Cl)c(Cl)c1. The molecular weight excluding hydrogens is 541 g/mol. The van der Waals surface area contributed by atoms with Crippen molar-refractivity contribution < 1.29 is 19.2 Å². The predicted molar refractivity (Wildman–Crippen MR) is 148 cm³/mol. The van der Waals surface area contributed by atoms with Gasteiger partial charge < -0.3 is 14.8 Å². The number of carbonyl (C=O) groups is 1. The minimum absolute atomic E-state index is 0.158. The van der Waals surface area contributed by atoms with Crippen LogP contribution in [0, 0.1) is 10.1 Å². The minimum Gasteiger partial charge on any atom is -0.490 e. The Morgan fingerprint density at radius 1 is 1.08 bits per heavy atom. The number of halogens is 2. The molecule has 1 amide bonds. The molecule has 0 unspecified atom stereocenters. The van der Waals surface area contributed by atoms with Crippen LogP contribution in [0.15, 0.2) is 60.7 Å². The Labute approximate surface area is 236 Å². The second kappa shape index (κ2) is 10.0. The van der Waals surface area contributed by atoms with Gasteiger partial charge in [-0.1, -0.05) is 53.5 Å². The smallest absolute Gasteiger partial charge is 0.256 e. The molecule has 2 fully saturated rings. The third-order valence-electron chi connectivity index (χ3n) is 8.13. The number of hydrogen-bond donors (Lipinski definition) is 1. The van der Waals surface area contributed by atoms with Crippen LogP contribution in [-0.4, -0.2) is 41.0 Å². The van der Waals surface area contributed by atoms with E-state index < -0.39 is 17.5 Å². The molecule has 3 aliphatic rings. The number of para-hydroxylation sites is 1. The maximum Gasteiger partial charge on any atom is 0.256 e. The van der Waals surface area contributed by atoms with Gasteiger partial charge in [-0.2, -0.15) is 0 Å². The summed E-state index contributed by atoms with van der Waals surface area (Å²) < 4.78 is 12.0. The van der Waals surface area contributed by atoms with Gasteiger partial charge in [0.15, 0.2) is 17.0 Å². The number of nitrogens with zero attached hydrogens (tertiary/aromatic N) is 2. The molecule has 0 aliphatic carbocycles. The second-order valence-corrected chi connectivity index (χ2v) is 10.9. The summed E-state index contributed by atoms with van der Waals surface area (Å²) in [6.45, 7) is 3.13. The maximum absolute atomic E-state index is 13.7. The molecule has 39 heavy (non-hydrogen) atoms. The fourth-order valence-corrected chi connectivity index (χ4v) is 7.01. The molecule has 1 spiro atoms. The Balaban J connectivity index is 1.39. The van der Waals surface area contributed by atoms with Crippen molar-refractivity contribution in [3.05, 3.63) is 97.5 Å². The number of hydrogen-bond acceptors (Lipinski definition) is 6. The van der Waals surface area contributed by atoms with E-state index in [-0.39, 0.29) is 23.5 Å². The molecule has 3 aromatic carbocycles. The zero-order chi connectivity index (χ0) is 27.3. The highest BCUT2D eigenvalue weighted by atomic mass is 35.5. The Morgan fingerprint density at radius 2 is 1.90 bits per heavy atom. The Bertz CT molecular complexity index is 1470. The highest BCUT2D eigenvalue weighted by Crippen LogP contribution is 2.58. The fourth-order valence-electron chi connectivity index (χ4n) is 6.69. The molecule has 6 rings (SSSR count). The number of nitro groups is 1. The molecule has 4 atom stereocenters. The third-order valence-corrected chi connectivity index (χ3v) is 8.86. The van der Waals surface area contributed by atoms with Crippen molar-refractivity contribution in [2.75, 3.05) is 18.5 Å². The number of amides is 1. The number of fused-ring (bicyclic) bond motifs is 4. The highest BCUT2D eigenvalue weighted by molar-refractivity contribution is 6.42. The molecule has 8 nitrogen and oxygen atoms in total. The number of benzene rings is 3. The van der Waals surface area contributed by atoms with Crippen molar-refractivity contribution in [1.29, 1.82) is 0 Å². The normalized spacial score (nSPS) is 25.4. The largest absolute Gasteiger partial charge is 0.490 e. The quantitative estimate of drug-likeness (QED) is 0.277. The molecule has 202 valence electrons. The summed E-state index contributed by atoms with van der Waals surface area (Å²) in [6, 6.07) is 16.8. The summed E-state index contributed by atoms with van der Waals surface area (Å²) >= 11 is 12.2. The van der Waals surface area contributed by atoms with Crippen molar-refractivity contribution in [2.45, 2.75) is 49.9 Å². The lowest BCUT2D eigenvalue weighted by Gasteiger charge is -2.32. The zero-order valence-corrected chi connectivity index (χ0v) is 22.7. The van der Waals surface area contributed by atoms with E-state index in [1.165, 1.54) is 0 Å². The molecule has 10 heteroatoms. The Morgan fingerprint density at radius 3 is 2.67 bits per heavy atom. The van der Waals surface area contributed by atoms with E-state index in [4.69, 9.17) is 32.7 Å². The lowest BCUT2D eigenvalue weighted by Crippen LogP contribution is -2.55. The maximum atomic E-state index is 13.7. The topological polar surface area (TPSA) is 93.9 Å². The van der Waals surface area contributed by atoms with E-state index in [1.807, 2.05) is 49.4 Å². The molecule has 1 N–H and O–H groups in total. The molecule has 0 radical (unpaired) electrons. The average molecular weight is 568 g/mol. The van der Waals surface area contributed by atoms with Gasteiger partial charge in [0.2, 0.25) is 0 Å². The van der Waals surface area contributed by atoms with Gasteiger partial charge in [0.25, 0.3) is 11.9 Å². The van der Waals surface area contributed by atoms with Crippen LogP contribution in [-0.2, 0) is 16.9 Å². The first kappa shape index (κ1) is 25.9. The fraction of sp³-hybridized carbons (Fsp3) is 0.345. The first-order chi connectivity index (χ1) is 18.9. The van der Waals surface area contributed by atoms with Gasteiger partial charge in [-0.05, 0) is 61.2 Å². The van der Waals surface area contributed by atoms with E-state index in [1.54, 1.807) is 18.2 Å². The summed E-state index contributed by atoms with van der Waals surface area (Å²) in [5.41, 5.74) is 1.56. The second-order valence-electron chi connectivity index (χ2n) is 10.1. The first-order valence-corrected chi connectivity index (χ1v) is 13.8. The molecule has 0 bridgehead atoms. The molecule has 3 aliphatic heterocycles. The van der Waals surface area contributed by atoms with Gasteiger partial charge in [-0.15, -0.1) is 0 Å². The molecular formula is C29H27Cl2N3O5. The minimum atomic E-state index is -1.36.